The Morgan fingerprint density at radius 3 is 2.32 bits per heavy atom. The second kappa shape index (κ2) is 7.31. The van der Waals surface area contributed by atoms with Crippen molar-refractivity contribution in [1.29, 1.82) is 0 Å². The normalized spacial score (nSPS) is 9.79. The van der Waals surface area contributed by atoms with E-state index in [4.69, 9.17) is 4.74 Å². The van der Waals surface area contributed by atoms with Crippen molar-refractivity contribution in [3.63, 3.8) is 0 Å². The summed E-state index contributed by atoms with van der Waals surface area (Å²) in [7, 11) is 0. The van der Waals surface area contributed by atoms with Crippen LogP contribution in [0.25, 0.3) is 0 Å². The van der Waals surface area contributed by atoms with Gasteiger partial charge in [0.15, 0.2) is 5.78 Å². The molecule has 5 nitrogen and oxygen atoms in total. The molecule has 5 heteroatoms. The molecule has 0 saturated heterocycles. The van der Waals surface area contributed by atoms with Crippen LogP contribution in [-0.4, -0.2) is 24.3 Å². The summed E-state index contributed by atoms with van der Waals surface area (Å²) in [4.78, 5) is 33.3. The molecule has 0 bridgehead atoms. The Morgan fingerprint density at radius 2 is 1.79 bits per heavy atom. The molecule has 0 atom stereocenters. The predicted molar refractivity (Wildman–Crippen MR) is 69.5 cm³/mol. The van der Waals surface area contributed by atoms with Crippen molar-refractivity contribution < 1.29 is 19.1 Å². The van der Waals surface area contributed by atoms with Crippen LogP contribution in [0.4, 0.5) is 0 Å². The third-order valence-electron chi connectivity index (χ3n) is 2.41. The van der Waals surface area contributed by atoms with E-state index in [9.17, 15) is 14.4 Å². The number of benzene rings is 1. The molecule has 1 rings (SSSR count). The first-order valence-corrected chi connectivity index (χ1v) is 6.05. The van der Waals surface area contributed by atoms with E-state index in [2.05, 4.69) is 5.32 Å². The van der Waals surface area contributed by atoms with Crippen LogP contribution in [0.3, 0.4) is 0 Å². The van der Waals surface area contributed by atoms with Crippen LogP contribution in [0, 0.1) is 0 Å². The second-order valence-corrected chi connectivity index (χ2v) is 4.11. The molecule has 1 N–H and O–H groups in total. The van der Waals surface area contributed by atoms with Gasteiger partial charge in [0, 0.05) is 13.0 Å². The number of Topliss-reactive ketones (excluding diaryl/α,β-unsaturated/α-hetero) is 1. The molecule has 0 spiro atoms. The van der Waals surface area contributed by atoms with E-state index in [1.807, 2.05) is 0 Å². The van der Waals surface area contributed by atoms with Crippen molar-refractivity contribution >= 4 is 17.7 Å². The predicted octanol–water partition coefficient (Wildman–Crippen LogP) is 1.46. The van der Waals surface area contributed by atoms with Gasteiger partial charge in [0.1, 0.15) is 6.61 Å². The van der Waals surface area contributed by atoms with Crippen LogP contribution in [0.2, 0.25) is 0 Å². The number of rotatable bonds is 6. The lowest BCUT2D eigenvalue weighted by Gasteiger charge is -2.05. The summed E-state index contributed by atoms with van der Waals surface area (Å²) in [5.41, 5.74) is 1.27. The van der Waals surface area contributed by atoms with Crippen LogP contribution >= 0.6 is 0 Å². The summed E-state index contributed by atoms with van der Waals surface area (Å²) < 4.78 is 4.79. The number of hydrogen-bond donors (Lipinski definition) is 1. The number of amides is 1. The van der Waals surface area contributed by atoms with Gasteiger partial charge in [-0.1, -0.05) is 19.1 Å². The first-order valence-electron chi connectivity index (χ1n) is 6.05. The molecule has 0 aliphatic carbocycles. The van der Waals surface area contributed by atoms with Crippen LogP contribution in [0.1, 0.15) is 36.2 Å². The molecule has 1 aromatic rings. The molecule has 0 aliphatic rings. The Balaban J connectivity index is 2.53. The van der Waals surface area contributed by atoms with E-state index in [0.29, 0.717) is 18.5 Å². The highest BCUT2D eigenvalue weighted by Gasteiger charge is 2.08. The van der Waals surface area contributed by atoms with Gasteiger partial charge in [-0.05, 0) is 24.6 Å². The van der Waals surface area contributed by atoms with Crippen molar-refractivity contribution in [2.45, 2.75) is 26.8 Å². The summed E-state index contributed by atoms with van der Waals surface area (Å²) in [5.74, 6) is -0.753. The van der Waals surface area contributed by atoms with Gasteiger partial charge in [0.05, 0.1) is 5.56 Å². The molecule has 1 aromatic carbocycles. The Bertz CT molecular complexity index is 465. The zero-order valence-corrected chi connectivity index (χ0v) is 11.1. The fourth-order valence-electron chi connectivity index (χ4n) is 1.33. The van der Waals surface area contributed by atoms with Gasteiger partial charge in [-0.3, -0.25) is 9.59 Å². The number of nitrogens with one attached hydrogen (secondary N) is 1. The van der Waals surface area contributed by atoms with Crippen molar-refractivity contribution in [2.75, 3.05) is 6.61 Å². The summed E-state index contributed by atoms with van der Waals surface area (Å²) in [5, 5.41) is 2.74. The minimum absolute atomic E-state index is 0.0232. The zero-order chi connectivity index (χ0) is 14.3. The zero-order valence-electron chi connectivity index (χ0n) is 11.1. The molecule has 0 aromatic heterocycles. The highest BCUT2D eigenvalue weighted by molar-refractivity contribution is 5.91. The highest BCUT2D eigenvalue weighted by Crippen LogP contribution is 2.06. The minimum atomic E-state index is -0.528. The van der Waals surface area contributed by atoms with Gasteiger partial charge in [-0.25, -0.2) is 4.79 Å². The average molecular weight is 263 g/mol. The van der Waals surface area contributed by atoms with Crippen molar-refractivity contribution in [1.82, 2.24) is 5.32 Å². The topological polar surface area (TPSA) is 72.5 Å². The summed E-state index contributed by atoms with van der Waals surface area (Å²) in [6, 6.07) is 6.69. The van der Waals surface area contributed by atoms with Crippen LogP contribution in [0.5, 0.6) is 0 Å². The number of carbonyl (C=O) groups excluding carboxylic acids is 3. The quantitative estimate of drug-likeness (QED) is 0.789. The maximum atomic E-state index is 11.5. The summed E-state index contributed by atoms with van der Waals surface area (Å²) in [6.45, 7) is 3.35. The Kier molecular flexibility index (Phi) is 5.73. The van der Waals surface area contributed by atoms with E-state index in [1.165, 1.54) is 6.92 Å². The van der Waals surface area contributed by atoms with Gasteiger partial charge < -0.3 is 10.1 Å². The highest BCUT2D eigenvalue weighted by atomic mass is 16.5. The van der Waals surface area contributed by atoms with E-state index in [1.54, 1.807) is 31.2 Å². The lowest BCUT2D eigenvalue weighted by atomic mass is 10.1. The number of carbonyl (C=O) groups is 3. The summed E-state index contributed by atoms with van der Waals surface area (Å²) >= 11 is 0. The molecule has 0 aliphatic heterocycles. The molecule has 0 saturated carbocycles. The smallest absolute Gasteiger partial charge is 0.338 e. The van der Waals surface area contributed by atoms with E-state index < -0.39 is 5.97 Å². The Hall–Kier alpha value is -2.17. The molecular formula is C14H17NO4. The van der Waals surface area contributed by atoms with Gasteiger partial charge in [0.2, 0.25) is 5.91 Å². The molecule has 19 heavy (non-hydrogen) atoms. The van der Waals surface area contributed by atoms with Gasteiger partial charge >= 0.3 is 5.97 Å². The minimum Gasteiger partial charge on any atom is -0.454 e. The standard InChI is InChI=1S/C14H17NO4/c1-3-13(17)15-8-11-4-6-12(7-5-11)14(18)19-9-10(2)16/h4-7H,3,8-9H2,1-2H3,(H,15,17). The van der Waals surface area contributed by atoms with Gasteiger partial charge in [-0.2, -0.15) is 0 Å². The van der Waals surface area contributed by atoms with Gasteiger partial charge in [-0.15, -0.1) is 0 Å². The first-order chi connectivity index (χ1) is 9.02. The number of hydrogen-bond acceptors (Lipinski definition) is 4. The summed E-state index contributed by atoms with van der Waals surface area (Å²) in [6.07, 6.45) is 0.440. The number of esters is 1. The van der Waals surface area contributed by atoms with Crippen molar-refractivity contribution in [3.05, 3.63) is 35.4 Å². The molecule has 0 fully saturated rings. The SMILES string of the molecule is CCC(=O)NCc1ccc(C(=O)OCC(C)=O)cc1. The fraction of sp³-hybridized carbons (Fsp3) is 0.357. The third-order valence-corrected chi connectivity index (χ3v) is 2.41. The van der Waals surface area contributed by atoms with E-state index >= 15 is 0 Å². The molecule has 102 valence electrons. The Labute approximate surface area is 111 Å². The lowest BCUT2D eigenvalue weighted by molar-refractivity contribution is -0.121. The number of ketones is 1. The third kappa shape index (κ3) is 5.33. The lowest BCUT2D eigenvalue weighted by Crippen LogP contribution is -2.21. The molecule has 0 radical (unpaired) electrons. The molecule has 0 unspecified atom stereocenters. The Morgan fingerprint density at radius 1 is 1.16 bits per heavy atom. The van der Waals surface area contributed by atoms with Crippen LogP contribution in [-0.2, 0) is 20.9 Å². The maximum absolute atomic E-state index is 11.5. The van der Waals surface area contributed by atoms with E-state index in [-0.39, 0.29) is 18.3 Å². The monoisotopic (exact) mass is 263 g/mol. The molecule has 0 heterocycles. The largest absolute Gasteiger partial charge is 0.454 e. The van der Waals surface area contributed by atoms with Crippen molar-refractivity contribution in [2.24, 2.45) is 0 Å². The van der Waals surface area contributed by atoms with Crippen LogP contribution < -0.4 is 5.32 Å². The van der Waals surface area contributed by atoms with Crippen LogP contribution in [0.15, 0.2) is 24.3 Å². The second-order valence-electron chi connectivity index (χ2n) is 4.11. The maximum Gasteiger partial charge on any atom is 0.338 e. The van der Waals surface area contributed by atoms with Crippen molar-refractivity contribution in [3.8, 4) is 0 Å². The van der Waals surface area contributed by atoms with E-state index in [0.717, 1.165) is 5.56 Å². The fourth-order valence-corrected chi connectivity index (χ4v) is 1.33. The van der Waals surface area contributed by atoms with Gasteiger partial charge in [0.25, 0.3) is 0 Å². The molecular weight excluding hydrogens is 246 g/mol. The average Bonchev–Trinajstić information content (AvgIpc) is 2.42. The molecule has 1 amide bonds. The first kappa shape index (κ1) is 14.9. The number of ether oxygens (including phenoxy) is 1.